The minimum absolute atomic E-state index is 0.232. The lowest BCUT2D eigenvalue weighted by atomic mass is 10.0. The molecule has 4 nitrogen and oxygen atoms in total. The Bertz CT molecular complexity index is 909. The first-order valence-corrected chi connectivity index (χ1v) is 9.08. The molecule has 0 spiro atoms. The third-order valence-electron chi connectivity index (χ3n) is 4.11. The van der Waals surface area contributed by atoms with Crippen molar-refractivity contribution < 1.29 is 18.7 Å². The molecule has 0 aliphatic carbocycles. The molecule has 132 valence electrons. The van der Waals surface area contributed by atoms with E-state index in [1.807, 2.05) is 17.5 Å². The first-order chi connectivity index (χ1) is 12.7. The van der Waals surface area contributed by atoms with Crippen molar-refractivity contribution in [2.45, 2.75) is 6.04 Å². The van der Waals surface area contributed by atoms with Gasteiger partial charge < -0.3 is 14.8 Å². The lowest BCUT2D eigenvalue weighted by molar-refractivity contribution is 0.0942. The number of benzene rings is 2. The highest BCUT2D eigenvalue weighted by molar-refractivity contribution is 7.10. The normalized spacial score (nSPS) is 13.9. The van der Waals surface area contributed by atoms with E-state index in [0.717, 1.165) is 10.4 Å². The van der Waals surface area contributed by atoms with Crippen LogP contribution in [-0.2, 0) is 0 Å². The molecule has 1 atom stereocenters. The molecule has 0 bridgehead atoms. The van der Waals surface area contributed by atoms with Gasteiger partial charge in [0.05, 0.1) is 6.04 Å². The van der Waals surface area contributed by atoms with Crippen molar-refractivity contribution >= 4 is 17.2 Å². The van der Waals surface area contributed by atoms with Crippen LogP contribution in [0.1, 0.15) is 26.8 Å². The third kappa shape index (κ3) is 3.41. The lowest BCUT2D eigenvalue weighted by Crippen LogP contribution is -2.29. The van der Waals surface area contributed by atoms with Gasteiger partial charge in [0.2, 0.25) is 0 Å². The molecule has 0 fully saturated rings. The number of hydrogen-bond acceptors (Lipinski definition) is 4. The van der Waals surface area contributed by atoms with Crippen molar-refractivity contribution in [3.63, 3.8) is 0 Å². The van der Waals surface area contributed by atoms with Crippen LogP contribution < -0.4 is 14.8 Å². The van der Waals surface area contributed by atoms with Crippen LogP contribution >= 0.6 is 11.3 Å². The maximum atomic E-state index is 13.3. The van der Waals surface area contributed by atoms with Crippen molar-refractivity contribution in [3.8, 4) is 11.5 Å². The molecular formula is C20H16FNO3S. The molecule has 1 N–H and O–H groups in total. The zero-order valence-corrected chi connectivity index (χ0v) is 14.6. The van der Waals surface area contributed by atoms with E-state index in [0.29, 0.717) is 30.3 Å². The van der Waals surface area contributed by atoms with Crippen LogP contribution in [0.5, 0.6) is 11.5 Å². The molecule has 1 amide bonds. The molecule has 0 saturated heterocycles. The number of halogens is 1. The van der Waals surface area contributed by atoms with Crippen molar-refractivity contribution in [2.24, 2.45) is 0 Å². The molecule has 2 aromatic carbocycles. The van der Waals surface area contributed by atoms with Gasteiger partial charge in [0.1, 0.15) is 19.0 Å². The Balaban J connectivity index is 1.61. The number of amides is 1. The zero-order valence-electron chi connectivity index (χ0n) is 13.8. The fraction of sp³-hybridized carbons (Fsp3) is 0.150. The molecule has 0 radical (unpaired) electrons. The van der Waals surface area contributed by atoms with Crippen molar-refractivity contribution in [1.29, 1.82) is 0 Å². The predicted octanol–water partition coefficient (Wildman–Crippen LogP) is 4.18. The van der Waals surface area contributed by atoms with E-state index in [-0.39, 0.29) is 17.8 Å². The van der Waals surface area contributed by atoms with Crippen LogP contribution in [0, 0.1) is 5.82 Å². The number of hydrogen-bond donors (Lipinski definition) is 1. The number of rotatable bonds is 4. The highest BCUT2D eigenvalue weighted by atomic mass is 32.1. The molecule has 4 rings (SSSR count). The number of carbonyl (C=O) groups is 1. The Kier molecular flexibility index (Phi) is 4.58. The van der Waals surface area contributed by atoms with Gasteiger partial charge in [-0.05, 0) is 47.3 Å². The van der Waals surface area contributed by atoms with E-state index in [1.165, 1.54) is 23.5 Å². The molecular weight excluding hydrogens is 353 g/mol. The Morgan fingerprint density at radius 1 is 1.04 bits per heavy atom. The fourth-order valence-electron chi connectivity index (χ4n) is 2.83. The Labute approximate surface area is 154 Å². The molecule has 0 saturated carbocycles. The molecule has 1 aliphatic rings. The van der Waals surface area contributed by atoms with Crippen molar-refractivity contribution in [2.75, 3.05) is 13.2 Å². The fourth-order valence-corrected chi connectivity index (χ4v) is 3.63. The molecule has 1 unspecified atom stereocenters. The van der Waals surface area contributed by atoms with Crippen LogP contribution in [-0.4, -0.2) is 19.1 Å². The molecule has 3 aromatic rings. The minimum atomic E-state index is -0.351. The Morgan fingerprint density at radius 2 is 1.81 bits per heavy atom. The molecule has 1 aromatic heterocycles. The van der Waals surface area contributed by atoms with Crippen molar-refractivity contribution in [1.82, 2.24) is 5.32 Å². The molecule has 2 heterocycles. The summed E-state index contributed by atoms with van der Waals surface area (Å²) in [6.07, 6.45) is 0. The zero-order chi connectivity index (χ0) is 17.9. The molecule has 26 heavy (non-hydrogen) atoms. The van der Waals surface area contributed by atoms with E-state index in [1.54, 1.807) is 30.3 Å². The van der Waals surface area contributed by atoms with E-state index < -0.39 is 0 Å². The average Bonchev–Trinajstić information content (AvgIpc) is 3.21. The first-order valence-electron chi connectivity index (χ1n) is 8.20. The van der Waals surface area contributed by atoms with E-state index in [2.05, 4.69) is 5.32 Å². The Morgan fingerprint density at radius 3 is 2.54 bits per heavy atom. The summed E-state index contributed by atoms with van der Waals surface area (Å²) in [5.74, 6) is 0.668. The second-order valence-corrected chi connectivity index (χ2v) is 6.81. The molecule has 6 heteroatoms. The summed E-state index contributed by atoms with van der Waals surface area (Å²) in [4.78, 5) is 13.8. The molecule has 1 aliphatic heterocycles. The van der Waals surface area contributed by atoms with Gasteiger partial charge in [-0.15, -0.1) is 11.3 Å². The summed E-state index contributed by atoms with van der Waals surface area (Å²) < 4.78 is 24.3. The minimum Gasteiger partial charge on any atom is -0.486 e. The number of nitrogens with one attached hydrogen (secondary N) is 1. The maximum Gasteiger partial charge on any atom is 0.252 e. The quantitative estimate of drug-likeness (QED) is 0.751. The second kappa shape index (κ2) is 7.17. The summed E-state index contributed by atoms with van der Waals surface area (Å²) in [6, 6.07) is 14.8. The van der Waals surface area contributed by atoms with E-state index >= 15 is 0 Å². The van der Waals surface area contributed by atoms with Gasteiger partial charge in [-0.2, -0.15) is 0 Å². The van der Waals surface area contributed by atoms with Gasteiger partial charge >= 0.3 is 0 Å². The van der Waals surface area contributed by atoms with Gasteiger partial charge in [-0.1, -0.05) is 18.2 Å². The van der Waals surface area contributed by atoms with Gasteiger partial charge in [0.15, 0.2) is 11.5 Å². The van der Waals surface area contributed by atoms with Gasteiger partial charge in [0.25, 0.3) is 5.91 Å². The summed E-state index contributed by atoms with van der Waals surface area (Å²) in [5, 5.41) is 4.98. The smallest absolute Gasteiger partial charge is 0.252 e. The summed E-state index contributed by atoms with van der Waals surface area (Å²) in [6.45, 7) is 0.967. The number of thiophene rings is 1. The summed E-state index contributed by atoms with van der Waals surface area (Å²) >= 11 is 1.54. The second-order valence-electron chi connectivity index (χ2n) is 5.83. The summed E-state index contributed by atoms with van der Waals surface area (Å²) in [7, 11) is 0. The number of fused-ring (bicyclic) bond motifs is 1. The monoisotopic (exact) mass is 369 g/mol. The maximum absolute atomic E-state index is 13.3. The van der Waals surface area contributed by atoms with Crippen LogP contribution in [0.4, 0.5) is 4.39 Å². The largest absolute Gasteiger partial charge is 0.486 e. The van der Waals surface area contributed by atoms with Crippen LogP contribution in [0.15, 0.2) is 60.0 Å². The van der Waals surface area contributed by atoms with Crippen LogP contribution in [0.3, 0.4) is 0 Å². The van der Waals surface area contributed by atoms with Crippen LogP contribution in [0.2, 0.25) is 0 Å². The van der Waals surface area contributed by atoms with Gasteiger partial charge in [-0.3, -0.25) is 4.79 Å². The highest BCUT2D eigenvalue weighted by Crippen LogP contribution is 2.31. The SMILES string of the molecule is O=C(NC(c1ccc(F)cc1)c1cccs1)c1ccc2c(c1)OCCO2. The number of ether oxygens (including phenoxy) is 2. The van der Waals surface area contributed by atoms with Gasteiger partial charge in [0, 0.05) is 10.4 Å². The standard InChI is InChI=1S/C20H16FNO3S/c21-15-6-3-13(4-7-15)19(18-2-1-11-26-18)22-20(23)14-5-8-16-17(12-14)25-10-9-24-16/h1-8,11-12,19H,9-10H2,(H,22,23). The predicted molar refractivity (Wildman–Crippen MR) is 97.5 cm³/mol. The van der Waals surface area contributed by atoms with Gasteiger partial charge in [-0.25, -0.2) is 4.39 Å². The topological polar surface area (TPSA) is 47.6 Å². The summed E-state index contributed by atoms with van der Waals surface area (Å²) in [5.41, 5.74) is 1.30. The average molecular weight is 369 g/mol. The lowest BCUT2D eigenvalue weighted by Gasteiger charge is -2.20. The Hall–Kier alpha value is -2.86. The van der Waals surface area contributed by atoms with Crippen molar-refractivity contribution in [3.05, 3.63) is 81.8 Å². The van der Waals surface area contributed by atoms with E-state index in [9.17, 15) is 9.18 Å². The third-order valence-corrected chi connectivity index (χ3v) is 5.05. The van der Waals surface area contributed by atoms with Crippen LogP contribution in [0.25, 0.3) is 0 Å². The number of carbonyl (C=O) groups excluding carboxylic acids is 1. The highest BCUT2D eigenvalue weighted by Gasteiger charge is 2.21. The first kappa shape index (κ1) is 16.6. The van der Waals surface area contributed by atoms with E-state index in [4.69, 9.17) is 9.47 Å².